The van der Waals surface area contributed by atoms with E-state index in [0.717, 1.165) is 0 Å². The van der Waals surface area contributed by atoms with Crippen LogP contribution < -0.4 is 0 Å². The van der Waals surface area contributed by atoms with Gasteiger partial charge < -0.3 is 105 Å². The van der Waals surface area contributed by atoms with Crippen LogP contribution in [0.5, 0.6) is 0 Å². The fourth-order valence-electron chi connectivity index (χ4n) is 5.02. The van der Waals surface area contributed by atoms with E-state index in [-0.39, 0.29) is 0 Å². The average Bonchev–Trinajstić information content (AvgIpc) is 3.05. The van der Waals surface area contributed by atoms with Gasteiger partial charge in [0.15, 0.2) is 12.6 Å². The van der Waals surface area contributed by atoms with Gasteiger partial charge in [0.2, 0.25) is 5.78 Å². The Bertz CT molecular complexity index is 972. The highest BCUT2D eigenvalue weighted by Crippen LogP contribution is 2.31. The fraction of sp³-hybridized carbons (Fsp3) is 0.958. The average molecular weight is 683 g/mol. The van der Waals surface area contributed by atoms with Crippen LogP contribution in [-0.2, 0) is 28.5 Å². The molecule has 0 aromatic rings. The number of ether oxygens (including phenoxy) is 5. The van der Waals surface area contributed by atoms with E-state index in [1.165, 1.54) is 0 Å². The second-order valence-corrected chi connectivity index (χ2v) is 11.2. The molecular formula is C24H42O22. The summed E-state index contributed by atoms with van der Waals surface area (Å²) in [4.78, 5) is 12.7. The van der Waals surface area contributed by atoms with Crippen LogP contribution in [-0.4, -0.2) is 230 Å². The molecule has 0 amide bonds. The smallest absolute Gasteiger partial charge is 0.259 e. The van der Waals surface area contributed by atoms with Crippen molar-refractivity contribution in [2.24, 2.45) is 0 Å². The lowest BCUT2D eigenvalue weighted by Crippen LogP contribution is -2.70. The molecule has 46 heavy (non-hydrogen) atoms. The maximum absolute atomic E-state index is 12.7. The molecule has 3 fully saturated rings. The van der Waals surface area contributed by atoms with E-state index >= 15 is 0 Å². The lowest BCUT2D eigenvalue weighted by Gasteiger charge is -2.45. The number of hydrogen-bond acceptors (Lipinski definition) is 22. The van der Waals surface area contributed by atoms with Crippen molar-refractivity contribution in [3.05, 3.63) is 0 Å². The largest absolute Gasteiger partial charge is 0.394 e. The summed E-state index contributed by atoms with van der Waals surface area (Å²) in [5, 5.41) is 161. The van der Waals surface area contributed by atoms with Gasteiger partial charge in [-0.2, -0.15) is 0 Å². The van der Waals surface area contributed by atoms with E-state index in [4.69, 9.17) is 23.7 Å². The van der Waals surface area contributed by atoms with Crippen molar-refractivity contribution < 1.29 is 110 Å². The summed E-state index contributed by atoms with van der Waals surface area (Å²) >= 11 is 0. The number of carbonyl (C=O) groups excluding carboxylic acids is 1. The van der Waals surface area contributed by atoms with Crippen LogP contribution in [0.3, 0.4) is 0 Å². The van der Waals surface area contributed by atoms with Crippen LogP contribution in [0.15, 0.2) is 0 Å². The molecule has 22 nitrogen and oxygen atoms in total. The molecule has 0 spiro atoms. The molecule has 3 saturated heterocycles. The van der Waals surface area contributed by atoms with E-state index in [1.807, 2.05) is 0 Å². The summed E-state index contributed by atoms with van der Waals surface area (Å²) in [6, 6.07) is 0. The third kappa shape index (κ3) is 7.83. The summed E-state index contributed by atoms with van der Waals surface area (Å²) in [6.07, 6.45) is -36.4. The zero-order valence-corrected chi connectivity index (χ0v) is 23.8. The SMILES string of the molecule is O=C([C@H](O)[C@@H](O)[C@H](O)[C@H](O)CO[C@H]1O[C@H](CO[C@H]2O[C@H](CO)C(O)C(O)C2O)[C@@H](O)[C@H](O)C1O)C1(O)O[C@H](CO)[C@@H](O)[C@H](O)[C@H]1O. The van der Waals surface area contributed by atoms with Crippen molar-refractivity contribution >= 4 is 5.78 Å². The van der Waals surface area contributed by atoms with E-state index < -0.39 is 148 Å². The van der Waals surface area contributed by atoms with Crippen LogP contribution in [0.2, 0.25) is 0 Å². The number of carbonyl (C=O) groups is 1. The summed E-state index contributed by atoms with van der Waals surface area (Å²) in [5.41, 5.74) is 0. The first-order chi connectivity index (χ1) is 21.4. The van der Waals surface area contributed by atoms with Gasteiger partial charge in [-0.05, 0) is 0 Å². The zero-order chi connectivity index (χ0) is 34.8. The summed E-state index contributed by atoms with van der Waals surface area (Å²) in [7, 11) is 0. The Morgan fingerprint density at radius 2 is 1.11 bits per heavy atom. The Morgan fingerprint density at radius 1 is 0.630 bits per heavy atom. The molecule has 0 saturated carbocycles. The first-order valence-electron chi connectivity index (χ1n) is 14.0. The van der Waals surface area contributed by atoms with E-state index in [2.05, 4.69) is 0 Å². The molecule has 0 aliphatic carbocycles. The number of rotatable bonds is 13. The van der Waals surface area contributed by atoms with Gasteiger partial charge in [0.25, 0.3) is 5.79 Å². The highest BCUT2D eigenvalue weighted by molar-refractivity contribution is 5.91. The molecule has 0 bridgehead atoms. The summed E-state index contributed by atoms with van der Waals surface area (Å²) < 4.78 is 25.6. The van der Waals surface area contributed by atoms with Gasteiger partial charge in [-0.25, -0.2) is 0 Å². The molecule has 3 aliphatic heterocycles. The standard InChI is InChI=1S/C24H42O22/c25-1-6-10(29)14(33)18(37)23(44-6)43-4-8-12(31)15(34)19(38)22(45-8)42-3-5(27)9(28)13(32)17(36)21(40)24(41)20(39)16(35)11(30)7(2-26)46-24/h5-20,22-23,25-39,41H,1-4H2/t5-,6-,7-,8-,9-,10?,11-,12-,13+,14?,15+,16+,17-,18?,19?,20-,22+,23+,24?/m1/s1. The Balaban J connectivity index is 1.59. The molecule has 0 radical (unpaired) electrons. The van der Waals surface area contributed by atoms with Crippen molar-refractivity contribution in [1.82, 2.24) is 0 Å². The van der Waals surface area contributed by atoms with Crippen LogP contribution in [0.4, 0.5) is 0 Å². The fourth-order valence-corrected chi connectivity index (χ4v) is 5.02. The molecule has 270 valence electrons. The molecule has 3 aliphatic rings. The topological polar surface area (TPSA) is 387 Å². The van der Waals surface area contributed by atoms with Crippen molar-refractivity contribution in [3.63, 3.8) is 0 Å². The summed E-state index contributed by atoms with van der Waals surface area (Å²) in [6.45, 7) is -3.62. The number of aliphatic hydroxyl groups excluding tert-OH is 15. The number of ketones is 1. The highest BCUT2D eigenvalue weighted by atomic mass is 16.7. The lowest BCUT2D eigenvalue weighted by atomic mass is 9.86. The van der Waals surface area contributed by atoms with Gasteiger partial charge >= 0.3 is 0 Å². The molecule has 3 heterocycles. The Kier molecular flexibility index (Phi) is 13.7. The minimum Gasteiger partial charge on any atom is -0.394 e. The van der Waals surface area contributed by atoms with Crippen molar-refractivity contribution in [2.45, 2.75) is 116 Å². The molecule has 16 N–H and O–H groups in total. The van der Waals surface area contributed by atoms with Gasteiger partial charge in [0.05, 0.1) is 26.4 Å². The second kappa shape index (κ2) is 16.0. The lowest BCUT2D eigenvalue weighted by molar-refractivity contribution is -0.335. The van der Waals surface area contributed by atoms with Gasteiger partial charge in [-0.1, -0.05) is 0 Å². The number of hydrogen-bond donors (Lipinski definition) is 16. The molecule has 0 aromatic carbocycles. The maximum Gasteiger partial charge on any atom is 0.259 e. The summed E-state index contributed by atoms with van der Waals surface area (Å²) in [5.74, 6) is -5.45. The molecular weight excluding hydrogens is 640 g/mol. The third-order valence-electron chi connectivity index (χ3n) is 8.03. The first-order valence-corrected chi connectivity index (χ1v) is 14.0. The Labute approximate surface area is 259 Å². The molecule has 19 atom stereocenters. The molecule has 0 aromatic heterocycles. The highest BCUT2D eigenvalue weighted by Gasteiger charge is 2.59. The van der Waals surface area contributed by atoms with Gasteiger partial charge in [-0.15, -0.1) is 0 Å². The zero-order valence-electron chi connectivity index (χ0n) is 23.8. The second-order valence-electron chi connectivity index (χ2n) is 11.2. The van der Waals surface area contributed by atoms with Gasteiger partial charge in [0.1, 0.15) is 97.7 Å². The first kappa shape index (κ1) is 39.3. The predicted molar refractivity (Wildman–Crippen MR) is 136 cm³/mol. The van der Waals surface area contributed by atoms with Gasteiger partial charge in [-0.3, -0.25) is 4.79 Å². The van der Waals surface area contributed by atoms with E-state index in [0.29, 0.717) is 0 Å². The van der Waals surface area contributed by atoms with Gasteiger partial charge in [0, 0.05) is 0 Å². The monoisotopic (exact) mass is 682 g/mol. The minimum absolute atomic E-state index is 0.717. The van der Waals surface area contributed by atoms with Crippen LogP contribution in [0, 0.1) is 0 Å². The third-order valence-corrected chi connectivity index (χ3v) is 8.03. The normalized spacial score (nSPS) is 46.3. The van der Waals surface area contributed by atoms with Crippen molar-refractivity contribution in [3.8, 4) is 0 Å². The van der Waals surface area contributed by atoms with E-state index in [9.17, 15) is 86.5 Å². The van der Waals surface area contributed by atoms with Crippen LogP contribution in [0.25, 0.3) is 0 Å². The van der Waals surface area contributed by atoms with Crippen LogP contribution in [0.1, 0.15) is 0 Å². The Hall–Kier alpha value is -1.17. The van der Waals surface area contributed by atoms with Crippen molar-refractivity contribution in [1.29, 1.82) is 0 Å². The van der Waals surface area contributed by atoms with Crippen LogP contribution >= 0.6 is 0 Å². The number of aliphatic hydroxyl groups is 16. The minimum atomic E-state index is -3.50. The quantitative estimate of drug-likeness (QED) is 0.0857. The molecule has 22 heteroatoms. The maximum atomic E-state index is 12.7. The Morgan fingerprint density at radius 3 is 1.65 bits per heavy atom. The number of Topliss-reactive ketones (excluding diaryl/α,β-unsaturated/α-hetero) is 1. The molecule has 5 unspecified atom stereocenters. The predicted octanol–water partition coefficient (Wildman–Crippen LogP) is -11.2. The molecule has 3 rings (SSSR count). The van der Waals surface area contributed by atoms with Crippen molar-refractivity contribution in [2.75, 3.05) is 26.4 Å². The van der Waals surface area contributed by atoms with E-state index in [1.54, 1.807) is 0 Å².